The second kappa shape index (κ2) is 12.1. The van der Waals surface area contributed by atoms with Crippen LogP contribution < -0.4 is 5.11 Å². The molecule has 0 radical (unpaired) electrons. The maximum Gasteiger partial charge on any atom is 0.425 e. The fourth-order valence-corrected chi connectivity index (χ4v) is 6.90. The lowest BCUT2D eigenvalue weighted by Gasteiger charge is -2.48. The van der Waals surface area contributed by atoms with E-state index in [1.165, 1.54) is 0 Å². The summed E-state index contributed by atoms with van der Waals surface area (Å²) in [7, 11) is -3.11. The summed E-state index contributed by atoms with van der Waals surface area (Å²) in [5, 5.41) is 13.9. The zero-order chi connectivity index (χ0) is 30.4. The van der Waals surface area contributed by atoms with Crippen LogP contribution in [0.4, 0.5) is 0 Å². The molecule has 236 valence electrons. The zero-order valence-electron chi connectivity index (χ0n) is 24.8. The maximum atomic E-state index is 13.9. The third-order valence-corrected chi connectivity index (χ3v) is 8.41. The number of hydrogen-bond acceptors (Lipinski definition) is 12. The molecule has 4 heterocycles. The Hall–Kier alpha value is -1.52. The summed E-state index contributed by atoms with van der Waals surface area (Å²) < 4.78 is 74.9. The van der Waals surface area contributed by atoms with Crippen LogP contribution in [-0.4, -0.2) is 85.9 Å². The van der Waals surface area contributed by atoms with E-state index >= 15 is 0 Å². The Morgan fingerprint density at radius 3 is 1.90 bits per heavy atom. The molecule has 42 heavy (non-hydrogen) atoms. The third kappa shape index (κ3) is 7.23. The van der Waals surface area contributed by atoms with E-state index in [9.17, 15) is 5.11 Å². The average Bonchev–Trinajstić information content (AvgIpc) is 3.60. The van der Waals surface area contributed by atoms with E-state index in [0.29, 0.717) is 19.6 Å². The van der Waals surface area contributed by atoms with Crippen LogP contribution >= 0.6 is 0 Å². The molecule has 0 aromatic heterocycles. The van der Waals surface area contributed by atoms with Crippen LogP contribution in [-0.2, 0) is 48.5 Å². The molecule has 0 spiro atoms. The van der Waals surface area contributed by atoms with Crippen molar-refractivity contribution in [3.8, 4) is 0 Å². The highest BCUT2D eigenvalue weighted by atomic mass is 32.2. The number of fused-ring (bicyclic) bond motifs is 1. The van der Waals surface area contributed by atoms with Gasteiger partial charge in [0.05, 0.1) is 43.7 Å². The fourth-order valence-electron chi connectivity index (χ4n) is 6.90. The van der Waals surface area contributed by atoms with Gasteiger partial charge in [0.2, 0.25) is 0 Å². The van der Waals surface area contributed by atoms with Crippen LogP contribution in [0, 0.1) is 11.8 Å². The molecule has 5 fully saturated rings. The van der Waals surface area contributed by atoms with Gasteiger partial charge in [-0.25, -0.2) is 0 Å². The molecule has 12 nitrogen and oxygen atoms in total. The molecule has 4 aliphatic heterocycles. The summed E-state index contributed by atoms with van der Waals surface area (Å²) in [6, 6.07) is 9.74. The monoisotopic (exact) mass is 613 g/mol. The minimum atomic E-state index is -3.11. The molecule has 0 N–H and O–H groups in total. The Morgan fingerprint density at radius 1 is 0.762 bits per heavy atom. The van der Waals surface area contributed by atoms with Crippen molar-refractivity contribution in [1.82, 2.24) is 0 Å². The van der Waals surface area contributed by atoms with Gasteiger partial charge in [0.25, 0.3) is 0 Å². The van der Waals surface area contributed by atoms with Crippen LogP contribution in [0.3, 0.4) is 0 Å². The highest BCUT2D eigenvalue weighted by molar-refractivity contribution is 7.59. The molecule has 0 bridgehead atoms. The van der Waals surface area contributed by atoms with E-state index in [1.807, 2.05) is 71.9 Å². The minimum absolute atomic E-state index is 0.0146. The molecule has 13 heteroatoms. The Bertz CT molecular complexity index is 1180. The van der Waals surface area contributed by atoms with Gasteiger partial charge in [0.1, 0.15) is 6.10 Å². The Balaban J connectivity index is 0.000000830. The minimum Gasteiger partial charge on any atom is -0.848 e. The van der Waals surface area contributed by atoms with Gasteiger partial charge in [-0.2, -0.15) is 0 Å². The lowest BCUT2D eigenvalue weighted by atomic mass is 9.83. The molecule has 10 atom stereocenters. The fraction of sp³-hybridized carbons (Fsp3) is 0.793. The molecule has 1 aromatic carbocycles. The van der Waals surface area contributed by atoms with Crippen molar-refractivity contribution in [2.24, 2.45) is 11.8 Å². The third-order valence-electron chi connectivity index (χ3n) is 8.41. The molecule has 1 aromatic rings. The average molecular weight is 614 g/mol. The quantitative estimate of drug-likeness (QED) is 0.479. The number of benzene rings is 1. The van der Waals surface area contributed by atoms with Gasteiger partial charge in [-0.15, -0.1) is 12.6 Å². The first-order valence-electron chi connectivity index (χ1n) is 14.4. The van der Waals surface area contributed by atoms with E-state index in [2.05, 4.69) is 0 Å². The van der Waals surface area contributed by atoms with Crippen molar-refractivity contribution in [1.29, 1.82) is 0 Å². The van der Waals surface area contributed by atoms with E-state index < -0.39 is 58.7 Å². The molecule has 1 unspecified atom stereocenters. The predicted octanol–water partition coefficient (Wildman–Crippen LogP) is 2.04. The summed E-state index contributed by atoms with van der Waals surface area (Å²) in [4.78, 5) is 0. The number of rotatable bonds is 5. The normalized spacial score (nSPS) is 41.6. The van der Waals surface area contributed by atoms with E-state index in [-0.39, 0.29) is 30.1 Å². The smallest absolute Gasteiger partial charge is 0.425 e. The maximum absolute atomic E-state index is 13.9. The summed E-state index contributed by atoms with van der Waals surface area (Å²) in [6.07, 6.45) is -2.63. The van der Waals surface area contributed by atoms with Crippen molar-refractivity contribution in [2.75, 3.05) is 13.2 Å². The summed E-state index contributed by atoms with van der Waals surface area (Å²) in [5.74, 6) is -1.96. The highest BCUT2D eigenvalue weighted by Gasteiger charge is 2.58. The van der Waals surface area contributed by atoms with Crippen LogP contribution in [0.1, 0.15) is 66.2 Å². The predicted molar refractivity (Wildman–Crippen MR) is 142 cm³/mol. The van der Waals surface area contributed by atoms with E-state index in [0.717, 1.165) is 12.0 Å². The first-order valence-corrected chi connectivity index (χ1v) is 15.4. The summed E-state index contributed by atoms with van der Waals surface area (Å²) in [6.45, 7) is 12.2. The lowest BCUT2D eigenvalue weighted by molar-refractivity contribution is -0.497. The Morgan fingerprint density at radius 2 is 1.33 bits per heavy atom. The van der Waals surface area contributed by atoms with Gasteiger partial charge >= 0.3 is 10.6 Å². The summed E-state index contributed by atoms with van der Waals surface area (Å²) >= 11 is 0. The van der Waals surface area contributed by atoms with Crippen molar-refractivity contribution in [3.63, 3.8) is 0 Å². The van der Waals surface area contributed by atoms with Gasteiger partial charge in [-0.05, 0) is 60.3 Å². The summed E-state index contributed by atoms with van der Waals surface area (Å²) in [5.41, 5.74) is 0.870. The van der Waals surface area contributed by atoms with Gasteiger partial charge < -0.3 is 43.0 Å². The molecule has 4 saturated heterocycles. The van der Waals surface area contributed by atoms with Gasteiger partial charge in [-0.1, -0.05) is 36.4 Å². The molecule has 0 amide bonds. The van der Waals surface area contributed by atoms with Crippen molar-refractivity contribution in [2.45, 2.75) is 121 Å². The second-order valence-electron chi connectivity index (χ2n) is 12.9. The van der Waals surface area contributed by atoms with Crippen LogP contribution in [0.5, 0.6) is 0 Å². The van der Waals surface area contributed by atoms with Crippen LogP contribution in [0.15, 0.2) is 30.3 Å². The van der Waals surface area contributed by atoms with Crippen molar-refractivity contribution < 1.29 is 55.6 Å². The highest BCUT2D eigenvalue weighted by Crippen LogP contribution is 2.51. The molecular formula is C29H41O12S-. The van der Waals surface area contributed by atoms with Crippen molar-refractivity contribution >= 4 is 10.6 Å². The van der Waals surface area contributed by atoms with Gasteiger partial charge in [0, 0.05) is 11.5 Å². The Kier molecular flexibility index (Phi) is 9.19. The molecule has 6 rings (SSSR count). The SMILES string of the molecule is CC1(C)OC[C@H]([C@H]2OC(c3ccccc3)O[C@@H](C[C@H]3C[C@H]4OC(C)(C)O[C@H]4[C@@H]3[C@H]3COC(C)(C)O3)[C@H]2[O-])O1.O=S(=O)=O. The number of ether oxygens (including phenoxy) is 8. The van der Waals surface area contributed by atoms with Gasteiger partial charge in [-0.3, -0.25) is 0 Å². The number of hydrogen-bond donors (Lipinski definition) is 0. The molecule has 1 saturated carbocycles. The van der Waals surface area contributed by atoms with Crippen molar-refractivity contribution in [3.05, 3.63) is 35.9 Å². The van der Waals surface area contributed by atoms with E-state index in [1.54, 1.807) is 0 Å². The van der Waals surface area contributed by atoms with Crippen LogP contribution in [0.25, 0.3) is 0 Å². The lowest BCUT2D eigenvalue weighted by Crippen LogP contribution is -2.60. The molecule has 5 aliphatic rings. The van der Waals surface area contributed by atoms with Crippen LogP contribution in [0.2, 0.25) is 0 Å². The Labute approximate surface area is 247 Å². The topological polar surface area (TPSA) is 148 Å². The second-order valence-corrected chi connectivity index (χ2v) is 13.3. The standard InChI is InChI=1S/C29H41O9.O3S/c1-27(2)31-14-20(36-27)22-17(13-19-24(22)38-29(5,6)35-19)12-18-23(30)25(21-15-32-28(3,4)37-21)34-26(33-18)16-10-8-7-9-11-16;1-4(2)3/h7-11,17-26H,12-15H2,1-6H3;/q-1;/t17-,18-,19+,20+,21+,22-,23+,24+,25+,26?;/m0./s1. The molecule has 1 aliphatic carbocycles. The molecular weight excluding hydrogens is 572 g/mol. The van der Waals surface area contributed by atoms with Gasteiger partial charge in [0.15, 0.2) is 23.7 Å². The first-order chi connectivity index (χ1) is 19.6. The largest absolute Gasteiger partial charge is 0.848 e. The first kappa shape index (κ1) is 31.9. The zero-order valence-corrected chi connectivity index (χ0v) is 25.6. The van der Waals surface area contributed by atoms with E-state index in [4.69, 9.17) is 50.5 Å².